The topological polar surface area (TPSA) is 0 Å². The molecule has 0 atom stereocenters. The van der Waals surface area contributed by atoms with Crippen LogP contribution in [0.5, 0.6) is 0 Å². The molecule has 2 radical (unpaired) electrons. The van der Waals surface area contributed by atoms with Crippen molar-refractivity contribution in [1.29, 1.82) is 0 Å². The van der Waals surface area contributed by atoms with E-state index in [0.717, 1.165) is 0 Å². The summed E-state index contributed by atoms with van der Waals surface area (Å²) < 4.78 is 0. The highest BCUT2D eigenvalue weighted by atomic mass is 35.7. The van der Waals surface area contributed by atoms with Gasteiger partial charge >= 0.3 is 0 Å². The molecule has 1 aromatic carbocycles. The van der Waals surface area contributed by atoms with Crippen molar-refractivity contribution in [2.75, 3.05) is 0 Å². The van der Waals surface area contributed by atoms with E-state index in [1.54, 1.807) is 0 Å². The molecule has 0 saturated carbocycles. The second kappa shape index (κ2) is 6.72. The summed E-state index contributed by atoms with van der Waals surface area (Å²) >= 11 is 25.3. The van der Waals surface area contributed by atoms with Gasteiger partial charge in [-0.3, -0.25) is 0 Å². The van der Waals surface area contributed by atoms with Crippen LogP contribution in [0.1, 0.15) is 39.2 Å². The zero-order valence-corrected chi connectivity index (χ0v) is 16.5. The molecule has 0 heterocycles. The summed E-state index contributed by atoms with van der Waals surface area (Å²) in [5.41, 5.74) is 1.20. The van der Waals surface area contributed by atoms with Gasteiger partial charge in [0.15, 0.2) is 0 Å². The van der Waals surface area contributed by atoms with Crippen molar-refractivity contribution in [3.8, 4) is 0 Å². The van der Waals surface area contributed by atoms with Crippen molar-refractivity contribution in [2.24, 2.45) is 0 Å². The van der Waals surface area contributed by atoms with E-state index in [9.17, 15) is 0 Å². The molecule has 6 heteroatoms. The molecule has 0 unspecified atom stereocenters. The lowest BCUT2D eigenvalue weighted by atomic mass is 9.78. The van der Waals surface area contributed by atoms with Gasteiger partial charge < -0.3 is 0 Å². The molecule has 0 aliphatic rings. The average molecular weight is 372 g/mol. The molecule has 0 aliphatic heterocycles. The van der Waals surface area contributed by atoms with Crippen LogP contribution < -0.4 is 0 Å². The maximum Gasteiger partial charge on any atom is 0.280 e. The fraction of sp³-hybridized carbons (Fsp3) is 0.538. The summed E-state index contributed by atoms with van der Waals surface area (Å²) in [5.74, 6) is 0.133. The normalized spacial score (nSPS) is 13.6. The Hall–Kier alpha value is 0.814. The maximum absolute atomic E-state index is 6.32. The van der Waals surface area contributed by atoms with Crippen LogP contribution in [0.2, 0.25) is 10.1 Å². The first-order chi connectivity index (χ1) is 8.61. The number of rotatable bonds is 5. The summed E-state index contributed by atoms with van der Waals surface area (Å²) in [4.78, 5) is 0. The van der Waals surface area contributed by atoms with Crippen LogP contribution in [0.3, 0.4) is 0 Å². The molecule has 0 amide bonds. The van der Waals surface area contributed by atoms with Crippen molar-refractivity contribution in [2.45, 2.75) is 43.7 Å². The third-order valence-electron chi connectivity index (χ3n) is 3.55. The Labute approximate surface area is 138 Å². The molecule has 106 valence electrons. The van der Waals surface area contributed by atoms with Crippen molar-refractivity contribution < 1.29 is 0 Å². The fourth-order valence-corrected chi connectivity index (χ4v) is 5.54. The molecule has 0 nitrogen and oxygen atoms in total. The van der Waals surface area contributed by atoms with Gasteiger partial charge in [0.05, 0.1) is 0 Å². The average Bonchev–Trinajstić information content (AvgIpc) is 2.29. The molecule has 0 spiro atoms. The molecular weight excluding hydrogens is 354 g/mol. The van der Waals surface area contributed by atoms with Gasteiger partial charge in [0.25, 0.3) is 14.8 Å². The molecule has 0 aliphatic carbocycles. The molecule has 0 saturated heterocycles. The van der Waals surface area contributed by atoms with Crippen molar-refractivity contribution in [3.63, 3.8) is 0 Å². The smallest absolute Gasteiger partial charge is 0.146 e. The Morgan fingerprint density at radius 3 is 1.47 bits per heavy atom. The minimum Gasteiger partial charge on any atom is -0.146 e. The molecule has 1 rings (SSSR count). The quantitative estimate of drug-likeness (QED) is 0.423. The summed E-state index contributed by atoms with van der Waals surface area (Å²) in [6, 6.07) is 10.3. The van der Waals surface area contributed by atoms with Crippen LogP contribution in [-0.2, 0) is 0 Å². The van der Waals surface area contributed by atoms with Crippen molar-refractivity contribution in [1.82, 2.24) is 0 Å². The first-order valence-electron chi connectivity index (χ1n) is 6.03. The second-order valence-corrected chi connectivity index (χ2v) is 15.1. The molecule has 0 bridgehead atoms. The van der Waals surface area contributed by atoms with E-state index in [0.29, 0.717) is 0 Å². The van der Waals surface area contributed by atoms with Crippen LogP contribution >= 0.6 is 44.3 Å². The first kappa shape index (κ1) is 17.9. The Balaban J connectivity index is 3.36. The Kier molecular flexibility index (Phi) is 6.32. The highest BCUT2D eigenvalue weighted by molar-refractivity contribution is 7.36. The van der Waals surface area contributed by atoms with Crippen LogP contribution in [0.25, 0.3) is 0 Å². The minimum absolute atomic E-state index is 0.133. The minimum atomic E-state index is -1.53. The predicted molar refractivity (Wildman–Crippen MR) is 92.2 cm³/mol. The Morgan fingerprint density at radius 2 is 1.16 bits per heavy atom. The lowest BCUT2D eigenvalue weighted by Gasteiger charge is -2.45. The highest BCUT2D eigenvalue weighted by Crippen LogP contribution is 2.60. The van der Waals surface area contributed by atoms with Crippen LogP contribution in [-0.4, -0.2) is 14.8 Å². The molecular formula is C13H18Cl4Si2. The number of hydrogen-bond acceptors (Lipinski definition) is 0. The largest absolute Gasteiger partial charge is 0.280 e. The van der Waals surface area contributed by atoms with Gasteiger partial charge in [-0.25, -0.2) is 0 Å². The monoisotopic (exact) mass is 370 g/mol. The SMILES string of the molecule is CC(C)(C(c1ccccc1)C(C)(C)[Si](Cl)Cl)[Si](Cl)Cl. The Morgan fingerprint density at radius 1 is 0.789 bits per heavy atom. The van der Waals surface area contributed by atoms with E-state index < -0.39 is 14.8 Å². The lowest BCUT2D eigenvalue weighted by Crippen LogP contribution is -2.36. The van der Waals surface area contributed by atoms with Crippen molar-refractivity contribution >= 4 is 59.1 Å². The van der Waals surface area contributed by atoms with Gasteiger partial charge in [-0.2, -0.15) is 0 Å². The van der Waals surface area contributed by atoms with Crippen LogP contribution in [0.15, 0.2) is 30.3 Å². The van der Waals surface area contributed by atoms with Gasteiger partial charge in [0, 0.05) is 0 Å². The zero-order chi connectivity index (χ0) is 14.8. The van der Waals surface area contributed by atoms with E-state index in [4.69, 9.17) is 44.3 Å². The van der Waals surface area contributed by atoms with E-state index in [-0.39, 0.29) is 16.0 Å². The van der Waals surface area contributed by atoms with E-state index in [1.165, 1.54) is 5.56 Å². The van der Waals surface area contributed by atoms with E-state index >= 15 is 0 Å². The van der Waals surface area contributed by atoms with Gasteiger partial charge in [0.1, 0.15) is 0 Å². The van der Waals surface area contributed by atoms with Crippen molar-refractivity contribution in [3.05, 3.63) is 35.9 Å². The zero-order valence-electron chi connectivity index (χ0n) is 11.5. The molecule has 1 aromatic rings. The first-order valence-corrected chi connectivity index (χ1v) is 13.1. The lowest BCUT2D eigenvalue weighted by molar-refractivity contribution is 0.415. The highest BCUT2D eigenvalue weighted by Gasteiger charge is 2.49. The van der Waals surface area contributed by atoms with Gasteiger partial charge in [-0.1, -0.05) is 58.0 Å². The summed E-state index contributed by atoms with van der Waals surface area (Å²) in [6.07, 6.45) is 0. The molecule has 0 N–H and O–H groups in total. The fourth-order valence-electron chi connectivity index (χ4n) is 2.60. The predicted octanol–water partition coefficient (Wildman–Crippen LogP) is 6.26. The van der Waals surface area contributed by atoms with Crippen LogP contribution in [0.4, 0.5) is 0 Å². The molecule has 19 heavy (non-hydrogen) atoms. The second-order valence-electron chi connectivity index (χ2n) is 5.81. The third kappa shape index (κ3) is 3.92. The summed E-state index contributed by atoms with van der Waals surface area (Å²) in [6.45, 7) is 8.44. The third-order valence-corrected chi connectivity index (χ3v) is 11.9. The number of benzene rings is 1. The Bertz CT molecular complexity index is 384. The molecule has 0 fully saturated rings. The van der Waals surface area contributed by atoms with E-state index in [1.807, 2.05) is 18.2 Å². The molecule has 0 aromatic heterocycles. The number of halogens is 4. The van der Waals surface area contributed by atoms with Gasteiger partial charge in [-0.05, 0) is 21.6 Å². The number of hydrogen-bond donors (Lipinski definition) is 0. The van der Waals surface area contributed by atoms with E-state index in [2.05, 4.69) is 39.8 Å². The van der Waals surface area contributed by atoms with Crippen LogP contribution in [0, 0.1) is 0 Å². The summed E-state index contributed by atoms with van der Waals surface area (Å²) in [7, 11) is -3.06. The van der Waals surface area contributed by atoms with Gasteiger partial charge in [0.2, 0.25) is 0 Å². The summed E-state index contributed by atoms with van der Waals surface area (Å²) in [5, 5.41) is -0.448. The van der Waals surface area contributed by atoms with Gasteiger partial charge in [-0.15, -0.1) is 44.3 Å². The standard InChI is InChI=1S/C13H18Cl4Si2/c1-12(2,18(14)15)11(13(3,4)19(16)17)10-8-6-5-7-9-10/h5-9,11H,1-4H3. The maximum atomic E-state index is 6.32.